The highest BCUT2D eigenvalue weighted by atomic mass is 16.4. The van der Waals surface area contributed by atoms with E-state index in [9.17, 15) is 14.4 Å². The third kappa shape index (κ3) is 1.31. The number of likely N-dealkylation sites (tertiary alicyclic amines) is 1. The van der Waals surface area contributed by atoms with Gasteiger partial charge in [-0.15, -0.1) is 0 Å². The normalized spacial score (nSPS) is 23.8. The van der Waals surface area contributed by atoms with E-state index in [2.05, 4.69) is 5.32 Å². The molecule has 2 aliphatic rings. The molecule has 0 unspecified atom stereocenters. The topological polar surface area (TPSA) is 90.0 Å². The van der Waals surface area contributed by atoms with Crippen LogP contribution in [-0.2, 0) is 4.79 Å². The quantitative estimate of drug-likeness (QED) is 0.555. The molecule has 7 heteroatoms. The molecule has 2 N–H and O–H groups in total. The second-order valence-corrected chi connectivity index (χ2v) is 4.12. The van der Waals surface area contributed by atoms with Crippen LogP contribution in [0.15, 0.2) is 0 Å². The number of rotatable bonds is 0. The zero-order valence-electron chi connectivity index (χ0n) is 8.89. The lowest BCUT2D eigenvalue weighted by Gasteiger charge is -2.39. The fraction of sp³-hybridized carbons (Fsp3) is 0.667. The van der Waals surface area contributed by atoms with Gasteiger partial charge in [-0.2, -0.15) is 0 Å². The van der Waals surface area contributed by atoms with E-state index in [4.69, 9.17) is 5.11 Å². The standard InChI is InChI=1S/C9H13N3O4/c1-11-7(14)10-6(13)9(11)2-4-12(5-3-9)8(15)16/h2-5H2,1H3,(H,15,16)(H,10,13,14). The summed E-state index contributed by atoms with van der Waals surface area (Å²) in [6.07, 6.45) is -0.275. The minimum atomic E-state index is -0.984. The van der Waals surface area contributed by atoms with Gasteiger partial charge in [0.1, 0.15) is 5.54 Å². The van der Waals surface area contributed by atoms with Crippen molar-refractivity contribution in [2.45, 2.75) is 18.4 Å². The Labute approximate surface area is 92.0 Å². The van der Waals surface area contributed by atoms with Gasteiger partial charge >= 0.3 is 12.1 Å². The van der Waals surface area contributed by atoms with Crippen molar-refractivity contribution in [2.75, 3.05) is 20.1 Å². The van der Waals surface area contributed by atoms with Crippen LogP contribution in [0.3, 0.4) is 0 Å². The third-order valence-corrected chi connectivity index (χ3v) is 3.45. The second-order valence-electron chi connectivity index (χ2n) is 4.12. The summed E-state index contributed by atoms with van der Waals surface area (Å²) in [7, 11) is 1.57. The Hall–Kier alpha value is -1.79. The van der Waals surface area contributed by atoms with Crippen LogP contribution in [-0.4, -0.2) is 58.6 Å². The van der Waals surface area contributed by atoms with Gasteiger partial charge in [0.2, 0.25) is 0 Å². The number of carboxylic acid groups (broad SMARTS) is 1. The van der Waals surface area contributed by atoms with Gasteiger partial charge in [-0.25, -0.2) is 9.59 Å². The summed E-state index contributed by atoms with van der Waals surface area (Å²) < 4.78 is 0. The van der Waals surface area contributed by atoms with Crippen molar-refractivity contribution >= 4 is 18.0 Å². The molecule has 0 radical (unpaired) electrons. The molecule has 16 heavy (non-hydrogen) atoms. The highest BCUT2D eigenvalue weighted by Gasteiger charge is 2.52. The van der Waals surface area contributed by atoms with Crippen molar-refractivity contribution in [2.24, 2.45) is 0 Å². The molecule has 0 saturated carbocycles. The van der Waals surface area contributed by atoms with Gasteiger partial charge in [0, 0.05) is 20.1 Å². The molecule has 0 atom stereocenters. The first-order valence-corrected chi connectivity index (χ1v) is 5.04. The summed E-state index contributed by atoms with van der Waals surface area (Å²) >= 11 is 0. The van der Waals surface area contributed by atoms with Gasteiger partial charge in [-0.3, -0.25) is 10.1 Å². The number of carbonyl (C=O) groups excluding carboxylic acids is 2. The molecule has 2 heterocycles. The van der Waals surface area contributed by atoms with Crippen molar-refractivity contribution in [3.05, 3.63) is 0 Å². The fourth-order valence-corrected chi connectivity index (χ4v) is 2.27. The van der Waals surface area contributed by atoms with Crippen molar-refractivity contribution in [3.63, 3.8) is 0 Å². The van der Waals surface area contributed by atoms with Gasteiger partial charge in [0.15, 0.2) is 0 Å². The smallest absolute Gasteiger partial charge is 0.407 e. The molecular formula is C9H13N3O4. The number of nitrogens with zero attached hydrogens (tertiary/aromatic N) is 2. The van der Waals surface area contributed by atoms with Crippen LogP contribution in [0.1, 0.15) is 12.8 Å². The van der Waals surface area contributed by atoms with Gasteiger partial charge < -0.3 is 14.9 Å². The van der Waals surface area contributed by atoms with E-state index in [0.29, 0.717) is 12.8 Å². The lowest BCUT2D eigenvalue weighted by Crippen LogP contribution is -2.56. The molecule has 2 fully saturated rings. The summed E-state index contributed by atoms with van der Waals surface area (Å²) in [5, 5.41) is 11.1. The Bertz CT molecular complexity index is 360. The minimum absolute atomic E-state index is 0.278. The predicted octanol–water partition coefficient (Wildman–Crippen LogP) is -0.319. The minimum Gasteiger partial charge on any atom is -0.465 e. The van der Waals surface area contributed by atoms with E-state index in [-0.39, 0.29) is 19.0 Å². The molecule has 4 amide bonds. The molecule has 2 aliphatic heterocycles. The first-order chi connectivity index (χ1) is 7.47. The molecule has 0 aromatic heterocycles. The lowest BCUT2D eigenvalue weighted by molar-refractivity contribution is -0.128. The highest BCUT2D eigenvalue weighted by molar-refractivity contribution is 6.07. The Balaban J connectivity index is 2.15. The predicted molar refractivity (Wildman–Crippen MR) is 52.9 cm³/mol. The van der Waals surface area contributed by atoms with E-state index in [1.165, 1.54) is 9.80 Å². The largest absolute Gasteiger partial charge is 0.465 e. The number of hydrogen-bond donors (Lipinski definition) is 2. The number of urea groups is 1. The Kier molecular flexibility index (Phi) is 2.25. The van der Waals surface area contributed by atoms with E-state index < -0.39 is 17.7 Å². The summed E-state index contributed by atoms with van der Waals surface area (Å²) in [6, 6.07) is -0.409. The molecule has 1 spiro atoms. The maximum Gasteiger partial charge on any atom is 0.407 e. The first kappa shape index (κ1) is 10.7. The number of hydrogen-bond acceptors (Lipinski definition) is 3. The van der Waals surface area contributed by atoms with Crippen molar-refractivity contribution in [1.29, 1.82) is 0 Å². The van der Waals surface area contributed by atoms with Crippen molar-refractivity contribution in [1.82, 2.24) is 15.1 Å². The van der Waals surface area contributed by atoms with E-state index in [1.54, 1.807) is 7.05 Å². The van der Waals surface area contributed by atoms with Crippen LogP contribution in [0.4, 0.5) is 9.59 Å². The first-order valence-electron chi connectivity index (χ1n) is 5.04. The molecule has 0 aromatic carbocycles. The molecule has 7 nitrogen and oxygen atoms in total. The molecule has 0 aromatic rings. The number of likely N-dealkylation sites (N-methyl/N-ethyl adjacent to an activating group) is 1. The zero-order valence-corrected chi connectivity index (χ0v) is 8.89. The van der Waals surface area contributed by atoms with Gasteiger partial charge in [-0.1, -0.05) is 0 Å². The number of nitrogens with one attached hydrogen (secondary N) is 1. The maximum atomic E-state index is 11.7. The van der Waals surface area contributed by atoms with Gasteiger partial charge in [0.05, 0.1) is 0 Å². The second kappa shape index (κ2) is 3.36. The molecular weight excluding hydrogens is 214 g/mol. The number of imide groups is 1. The van der Waals surface area contributed by atoms with Gasteiger partial charge in [0.25, 0.3) is 5.91 Å². The van der Waals surface area contributed by atoms with Crippen LogP contribution in [0.5, 0.6) is 0 Å². The Morgan fingerprint density at radius 3 is 2.31 bits per heavy atom. The van der Waals surface area contributed by atoms with E-state index in [0.717, 1.165) is 0 Å². The number of carbonyl (C=O) groups is 3. The molecule has 88 valence electrons. The summed E-state index contributed by atoms with van der Waals surface area (Å²) in [6.45, 7) is 0.556. The van der Waals surface area contributed by atoms with Crippen LogP contribution < -0.4 is 5.32 Å². The SMILES string of the molecule is CN1C(=O)NC(=O)C12CCN(C(=O)O)CC2. The van der Waals surface area contributed by atoms with Gasteiger partial charge in [-0.05, 0) is 12.8 Å². The van der Waals surface area contributed by atoms with Crippen LogP contribution in [0.2, 0.25) is 0 Å². The average molecular weight is 227 g/mol. The van der Waals surface area contributed by atoms with Crippen molar-refractivity contribution in [3.8, 4) is 0 Å². The van der Waals surface area contributed by atoms with Crippen molar-refractivity contribution < 1.29 is 19.5 Å². The highest BCUT2D eigenvalue weighted by Crippen LogP contribution is 2.31. The van der Waals surface area contributed by atoms with E-state index in [1.807, 2.05) is 0 Å². The molecule has 2 saturated heterocycles. The summed E-state index contributed by atoms with van der Waals surface area (Å²) in [5.41, 5.74) is -0.844. The summed E-state index contributed by atoms with van der Waals surface area (Å²) in [4.78, 5) is 36.4. The fourth-order valence-electron chi connectivity index (χ4n) is 2.27. The molecule has 0 aliphatic carbocycles. The lowest BCUT2D eigenvalue weighted by atomic mass is 9.86. The molecule has 0 bridgehead atoms. The maximum absolute atomic E-state index is 11.7. The summed E-state index contributed by atoms with van der Waals surface area (Å²) in [5.74, 6) is -0.315. The number of piperidine rings is 1. The van der Waals surface area contributed by atoms with Crippen LogP contribution >= 0.6 is 0 Å². The Morgan fingerprint density at radius 1 is 1.38 bits per heavy atom. The average Bonchev–Trinajstić information content (AvgIpc) is 2.45. The van der Waals surface area contributed by atoms with Crippen LogP contribution in [0.25, 0.3) is 0 Å². The third-order valence-electron chi connectivity index (χ3n) is 3.45. The monoisotopic (exact) mass is 227 g/mol. The van der Waals surface area contributed by atoms with Crippen LogP contribution in [0, 0.1) is 0 Å². The number of amides is 4. The zero-order chi connectivity index (χ0) is 11.9. The molecule has 2 rings (SSSR count). The van der Waals surface area contributed by atoms with E-state index >= 15 is 0 Å². The Morgan fingerprint density at radius 2 is 1.94 bits per heavy atom.